The Morgan fingerprint density at radius 1 is 1.18 bits per heavy atom. The number of carbonyl (C=O) groups is 1. The Hall–Kier alpha value is -3.35. The summed E-state index contributed by atoms with van der Waals surface area (Å²) in [6.07, 6.45) is 1.24. The zero-order chi connectivity index (χ0) is 20.3. The van der Waals surface area contributed by atoms with Crippen LogP contribution in [0.4, 0.5) is 10.6 Å². The molecular weight excluding hydrogens is 402 g/mol. The summed E-state index contributed by atoms with van der Waals surface area (Å²) in [6, 6.07) is 13.6. The number of rotatable bonds is 4. The average Bonchev–Trinajstić information content (AvgIpc) is 3.04. The monoisotopic (exact) mass is 415 g/mol. The third-order valence-corrected chi connectivity index (χ3v) is 5.43. The van der Waals surface area contributed by atoms with Gasteiger partial charge in [0.25, 0.3) is 10.0 Å². The largest absolute Gasteiger partial charge is 0.334 e. The molecule has 10 heteroatoms. The molecule has 0 aliphatic rings. The zero-order valence-corrected chi connectivity index (χ0v) is 16.1. The number of urea groups is 1. The molecule has 0 fully saturated rings. The topological polar surface area (TPSA) is 117 Å². The molecule has 0 atom stereocenters. The summed E-state index contributed by atoms with van der Waals surface area (Å²) in [7, 11) is -4.09. The Labute approximate surface area is 166 Å². The Morgan fingerprint density at radius 3 is 2.50 bits per heavy atom. The van der Waals surface area contributed by atoms with E-state index in [0.29, 0.717) is 10.7 Å². The summed E-state index contributed by atoms with van der Waals surface area (Å²) >= 11 is 6.15. The lowest BCUT2D eigenvalue weighted by Gasteiger charge is -2.12. The lowest BCUT2D eigenvalue weighted by molar-refractivity contribution is 0.256. The Morgan fingerprint density at radius 2 is 1.86 bits per heavy atom. The average molecular weight is 416 g/mol. The maximum atomic E-state index is 12.4. The molecule has 8 nitrogen and oxygen atoms in total. The van der Waals surface area contributed by atoms with Gasteiger partial charge in [-0.15, -0.1) is 0 Å². The molecule has 1 heterocycles. The van der Waals surface area contributed by atoms with E-state index in [1.807, 2.05) is 17.7 Å². The first-order chi connectivity index (χ1) is 13.3. The lowest BCUT2D eigenvalue weighted by Crippen LogP contribution is -2.35. The predicted octanol–water partition coefficient (Wildman–Crippen LogP) is 3.22. The molecule has 2 amide bonds. The van der Waals surface area contributed by atoms with Gasteiger partial charge in [0.2, 0.25) is 0 Å². The number of hydrogen-bond acceptors (Lipinski definition) is 5. The molecule has 3 rings (SSSR count). The second-order valence-electron chi connectivity index (χ2n) is 5.75. The van der Waals surface area contributed by atoms with Crippen molar-refractivity contribution in [3.05, 3.63) is 70.9 Å². The summed E-state index contributed by atoms with van der Waals surface area (Å²) in [5, 5.41) is 16.0. The maximum absolute atomic E-state index is 12.4. The molecule has 0 saturated carbocycles. The number of anilines is 1. The summed E-state index contributed by atoms with van der Waals surface area (Å²) in [5.74, 6) is -0.00722. The standard InChI is InChI=1S/C18H14ClN5O3S/c1-12-6-8-14(9-7-12)28(26,27)23-18(25)22-17-13(10-20)11-21-24(17)16-5-3-2-4-15(16)19/h2-9,11H,1H3,(H2,22,23,25). The van der Waals surface area contributed by atoms with Gasteiger partial charge in [-0.2, -0.15) is 10.4 Å². The number of nitrogens with one attached hydrogen (secondary N) is 2. The molecule has 0 radical (unpaired) electrons. The highest BCUT2D eigenvalue weighted by Gasteiger charge is 2.21. The number of sulfonamides is 1. The Kier molecular flexibility index (Phi) is 5.35. The van der Waals surface area contributed by atoms with Crippen LogP contribution in [0.15, 0.2) is 59.6 Å². The number of benzene rings is 2. The molecule has 1 aromatic heterocycles. The van der Waals surface area contributed by atoms with E-state index in [1.54, 1.807) is 36.4 Å². The molecule has 0 bridgehead atoms. The van der Waals surface area contributed by atoms with Crippen molar-refractivity contribution in [2.75, 3.05) is 5.32 Å². The number of para-hydroxylation sites is 1. The highest BCUT2D eigenvalue weighted by molar-refractivity contribution is 7.90. The molecule has 0 saturated heterocycles. The minimum Gasteiger partial charge on any atom is -0.290 e. The first-order valence-electron chi connectivity index (χ1n) is 7.95. The third kappa shape index (κ3) is 3.98. The van der Waals surface area contributed by atoms with Crippen molar-refractivity contribution < 1.29 is 13.2 Å². The number of halogens is 1. The summed E-state index contributed by atoms with van der Waals surface area (Å²) < 4.78 is 27.9. The van der Waals surface area contributed by atoms with E-state index in [-0.39, 0.29) is 16.3 Å². The van der Waals surface area contributed by atoms with Crippen molar-refractivity contribution in [1.82, 2.24) is 14.5 Å². The van der Waals surface area contributed by atoms with Gasteiger partial charge < -0.3 is 0 Å². The molecular formula is C18H14ClN5O3S. The fraction of sp³-hybridized carbons (Fsp3) is 0.0556. The second-order valence-corrected chi connectivity index (χ2v) is 7.84. The van der Waals surface area contributed by atoms with E-state index in [2.05, 4.69) is 10.4 Å². The Bertz CT molecular complexity index is 1180. The van der Waals surface area contributed by atoms with Gasteiger partial charge in [0.15, 0.2) is 5.82 Å². The smallest absolute Gasteiger partial charge is 0.290 e. The van der Waals surface area contributed by atoms with E-state index >= 15 is 0 Å². The second kappa shape index (κ2) is 7.72. The fourth-order valence-corrected chi connectivity index (χ4v) is 3.51. The van der Waals surface area contributed by atoms with Crippen molar-refractivity contribution in [2.24, 2.45) is 0 Å². The number of aryl methyl sites for hydroxylation is 1. The van der Waals surface area contributed by atoms with E-state index in [4.69, 9.17) is 11.6 Å². The number of aromatic nitrogens is 2. The van der Waals surface area contributed by atoms with Gasteiger partial charge in [0.05, 0.1) is 21.8 Å². The predicted molar refractivity (Wildman–Crippen MR) is 104 cm³/mol. The molecule has 0 spiro atoms. The number of hydrogen-bond donors (Lipinski definition) is 2. The summed E-state index contributed by atoms with van der Waals surface area (Å²) in [4.78, 5) is 12.3. The number of nitrogens with zero attached hydrogens (tertiary/aromatic N) is 3. The fourth-order valence-electron chi connectivity index (χ4n) is 2.39. The molecule has 2 aromatic carbocycles. The quantitative estimate of drug-likeness (QED) is 0.678. The normalized spacial score (nSPS) is 10.9. The minimum absolute atomic E-state index is 0.00722. The molecule has 0 unspecified atom stereocenters. The highest BCUT2D eigenvalue weighted by Crippen LogP contribution is 2.25. The van der Waals surface area contributed by atoms with Crippen LogP contribution >= 0.6 is 11.6 Å². The van der Waals surface area contributed by atoms with Gasteiger partial charge in [-0.05, 0) is 31.2 Å². The van der Waals surface area contributed by atoms with E-state index in [1.165, 1.54) is 23.0 Å². The first-order valence-corrected chi connectivity index (χ1v) is 9.81. The van der Waals surface area contributed by atoms with Gasteiger partial charge >= 0.3 is 6.03 Å². The van der Waals surface area contributed by atoms with E-state index < -0.39 is 16.1 Å². The van der Waals surface area contributed by atoms with Gasteiger partial charge in [0, 0.05) is 0 Å². The maximum Gasteiger partial charge on any atom is 0.334 e. The van der Waals surface area contributed by atoms with Crippen molar-refractivity contribution >= 4 is 33.5 Å². The van der Waals surface area contributed by atoms with Crippen LogP contribution in [-0.2, 0) is 10.0 Å². The van der Waals surface area contributed by atoms with Gasteiger partial charge in [-0.3, -0.25) is 5.32 Å². The zero-order valence-electron chi connectivity index (χ0n) is 14.5. The molecule has 0 aliphatic heterocycles. The van der Waals surface area contributed by atoms with Crippen molar-refractivity contribution in [2.45, 2.75) is 11.8 Å². The summed E-state index contributed by atoms with van der Waals surface area (Å²) in [5.41, 5.74) is 1.34. The molecule has 2 N–H and O–H groups in total. The third-order valence-electron chi connectivity index (χ3n) is 3.76. The van der Waals surface area contributed by atoms with Gasteiger partial charge in [-0.1, -0.05) is 41.4 Å². The molecule has 3 aromatic rings. The van der Waals surface area contributed by atoms with Crippen LogP contribution in [0.3, 0.4) is 0 Å². The van der Waals surface area contributed by atoms with Crippen LogP contribution in [0, 0.1) is 18.3 Å². The molecule has 28 heavy (non-hydrogen) atoms. The molecule has 0 aliphatic carbocycles. The van der Waals surface area contributed by atoms with Crippen LogP contribution in [0.25, 0.3) is 5.69 Å². The van der Waals surface area contributed by atoms with Crippen LogP contribution in [0.2, 0.25) is 5.02 Å². The van der Waals surface area contributed by atoms with Crippen LogP contribution in [0.5, 0.6) is 0 Å². The van der Waals surface area contributed by atoms with Gasteiger partial charge in [0.1, 0.15) is 11.6 Å². The van der Waals surface area contributed by atoms with Crippen LogP contribution < -0.4 is 10.0 Å². The van der Waals surface area contributed by atoms with Gasteiger partial charge in [-0.25, -0.2) is 22.6 Å². The van der Waals surface area contributed by atoms with E-state index in [0.717, 1.165) is 5.56 Å². The lowest BCUT2D eigenvalue weighted by atomic mass is 10.2. The van der Waals surface area contributed by atoms with Crippen molar-refractivity contribution in [3.8, 4) is 11.8 Å². The van der Waals surface area contributed by atoms with Crippen LogP contribution in [-0.4, -0.2) is 24.2 Å². The number of carbonyl (C=O) groups excluding carboxylic acids is 1. The molecule has 142 valence electrons. The van der Waals surface area contributed by atoms with Crippen LogP contribution in [0.1, 0.15) is 11.1 Å². The summed E-state index contributed by atoms with van der Waals surface area (Å²) in [6.45, 7) is 1.82. The minimum atomic E-state index is -4.09. The SMILES string of the molecule is Cc1ccc(S(=O)(=O)NC(=O)Nc2c(C#N)cnn2-c2ccccc2Cl)cc1. The highest BCUT2D eigenvalue weighted by atomic mass is 35.5. The van der Waals surface area contributed by atoms with Crippen molar-refractivity contribution in [3.63, 3.8) is 0 Å². The first kappa shape index (κ1) is 19.4. The van der Waals surface area contributed by atoms with Crippen molar-refractivity contribution in [1.29, 1.82) is 5.26 Å². The number of nitriles is 1. The van der Waals surface area contributed by atoms with E-state index in [9.17, 15) is 18.5 Å². The number of amides is 2. The Balaban J connectivity index is 1.89.